The Morgan fingerprint density at radius 2 is 1.85 bits per heavy atom. The van der Waals surface area contributed by atoms with E-state index in [1.165, 1.54) is 0 Å². The number of carboxylic acids is 1. The highest BCUT2D eigenvalue weighted by Gasteiger charge is 2.23. The molecule has 1 heterocycles. The zero-order chi connectivity index (χ0) is 18.7. The standard InChI is InChI=1S/C20H18N4O2/c1-13-10-15(11-14(2)19(13)17(12-21)20(25)26)22-18-8-9-24(23-18)16-6-4-3-5-7-16/h3-11,17H,1-2H3,(H,22,23)(H,25,26). The first-order chi connectivity index (χ1) is 12.5. The molecule has 130 valence electrons. The van der Waals surface area contributed by atoms with Crippen LogP contribution in [-0.2, 0) is 4.79 Å². The molecule has 1 aromatic heterocycles. The fraction of sp³-hybridized carbons (Fsp3) is 0.150. The molecule has 6 heteroatoms. The van der Waals surface area contributed by atoms with Gasteiger partial charge in [-0.15, -0.1) is 0 Å². The molecule has 1 unspecified atom stereocenters. The summed E-state index contributed by atoms with van der Waals surface area (Å²) in [6, 6.07) is 17.2. The molecule has 0 aliphatic heterocycles. The fourth-order valence-electron chi connectivity index (χ4n) is 3.01. The van der Waals surface area contributed by atoms with E-state index in [0.29, 0.717) is 11.4 Å². The number of benzene rings is 2. The molecule has 0 bridgehead atoms. The van der Waals surface area contributed by atoms with Crippen LogP contribution in [0.25, 0.3) is 5.69 Å². The highest BCUT2D eigenvalue weighted by Crippen LogP contribution is 2.28. The van der Waals surface area contributed by atoms with E-state index in [2.05, 4.69) is 10.4 Å². The zero-order valence-corrected chi connectivity index (χ0v) is 14.5. The van der Waals surface area contributed by atoms with Crippen LogP contribution in [-0.4, -0.2) is 20.9 Å². The molecule has 0 aliphatic carbocycles. The first-order valence-electron chi connectivity index (χ1n) is 8.11. The van der Waals surface area contributed by atoms with Gasteiger partial charge in [0.2, 0.25) is 0 Å². The van der Waals surface area contributed by atoms with E-state index >= 15 is 0 Å². The van der Waals surface area contributed by atoms with Crippen molar-refractivity contribution in [3.63, 3.8) is 0 Å². The van der Waals surface area contributed by atoms with Gasteiger partial charge in [-0.1, -0.05) is 18.2 Å². The van der Waals surface area contributed by atoms with Crippen molar-refractivity contribution < 1.29 is 9.90 Å². The van der Waals surface area contributed by atoms with Crippen molar-refractivity contribution >= 4 is 17.5 Å². The number of nitrogens with one attached hydrogen (secondary N) is 1. The molecule has 0 radical (unpaired) electrons. The number of nitriles is 1. The number of hydrogen-bond acceptors (Lipinski definition) is 4. The maximum absolute atomic E-state index is 11.3. The van der Waals surface area contributed by atoms with E-state index in [0.717, 1.165) is 22.5 Å². The van der Waals surface area contributed by atoms with E-state index < -0.39 is 11.9 Å². The Bertz CT molecular complexity index is 964. The molecule has 3 aromatic rings. The molecule has 1 atom stereocenters. The van der Waals surface area contributed by atoms with E-state index in [4.69, 9.17) is 5.26 Å². The predicted octanol–water partition coefficient (Wildman–Crippen LogP) is 3.92. The minimum absolute atomic E-state index is 0.542. The van der Waals surface area contributed by atoms with Crippen molar-refractivity contribution in [1.29, 1.82) is 5.26 Å². The minimum Gasteiger partial charge on any atom is -0.480 e. The average Bonchev–Trinajstić information content (AvgIpc) is 3.07. The van der Waals surface area contributed by atoms with Gasteiger partial charge in [0.25, 0.3) is 0 Å². The number of rotatable bonds is 5. The Morgan fingerprint density at radius 1 is 1.19 bits per heavy atom. The summed E-state index contributed by atoms with van der Waals surface area (Å²) in [5.74, 6) is -1.63. The maximum Gasteiger partial charge on any atom is 0.325 e. The number of carboxylic acid groups (broad SMARTS) is 1. The molecule has 3 rings (SSSR count). The van der Waals surface area contributed by atoms with Crippen LogP contribution in [0.3, 0.4) is 0 Å². The fourth-order valence-corrected chi connectivity index (χ4v) is 3.01. The zero-order valence-electron chi connectivity index (χ0n) is 14.5. The number of aryl methyl sites for hydroxylation is 2. The molecule has 0 aliphatic rings. The third-order valence-corrected chi connectivity index (χ3v) is 4.14. The Kier molecular flexibility index (Phi) is 4.72. The summed E-state index contributed by atoms with van der Waals surface area (Å²) >= 11 is 0. The van der Waals surface area contributed by atoms with Gasteiger partial charge in [-0.2, -0.15) is 10.4 Å². The topological polar surface area (TPSA) is 90.9 Å². The maximum atomic E-state index is 11.3. The highest BCUT2D eigenvalue weighted by atomic mass is 16.4. The number of aromatic nitrogens is 2. The lowest BCUT2D eigenvalue weighted by atomic mass is 9.91. The van der Waals surface area contributed by atoms with Crippen molar-refractivity contribution in [2.45, 2.75) is 19.8 Å². The Hall–Kier alpha value is -3.59. The van der Waals surface area contributed by atoms with E-state index in [-0.39, 0.29) is 0 Å². The van der Waals surface area contributed by atoms with Crippen molar-refractivity contribution in [2.75, 3.05) is 5.32 Å². The van der Waals surface area contributed by atoms with Gasteiger partial charge in [0.15, 0.2) is 11.7 Å². The first kappa shape index (κ1) is 17.2. The number of para-hydroxylation sites is 1. The Morgan fingerprint density at radius 3 is 2.42 bits per heavy atom. The molecule has 0 spiro atoms. The van der Waals surface area contributed by atoms with Crippen LogP contribution in [0.4, 0.5) is 11.5 Å². The summed E-state index contributed by atoms with van der Waals surface area (Å²) < 4.78 is 1.77. The highest BCUT2D eigenvalue weighted by molar-refractivity contribution is 5.81. The third kappa shape index (κ3) is 3.42. The van der Waals surface area contributed by atoms with Crippen molar-refractivity contribution in [2.24, 2.45) is 0 Å². The first-order valence-corrected chi connectivity index (χ1v) is 8.11. The molecule has 0 amide bonds. The number of aliphatic carboxylic acids is 1. The number of nitrogens with zero attached hydrogens (tertiary/aromatic N) is 3. The lowest BCUT2D eigenvalue weighted by molar-refractivity contribution is -0.137. The smallest absolute Gasteiger partial charge is 0.325 e. The molecule has 2 N–H and O–H groups in total. The largest absolute Gasteiger partial charge is 0.480 e. The molecule has 0 saturated carbocycles. The van der Waals surface area contributed by atoms with Gasteiger partial charge in [0.05, 0.1) is 11.8 Å². The second-order valence-corrected chi connectivity index (χ2v) is 6.03. The number of anilines is 2. The average molecular weight is 346 g/mol. The second-order valence-electron chi connectivity index (χ2n) is 6.03. The van der Waals surface area contributed by atoms with Crippen molar-refractivity contribution in [3.8, 4) is 11.8 Å². The molecular weight excluding hydrogens is 328 g/mol. The number of carbonyl (C=O) groups is 1. The molecular formula is C20H18N4O2. The molecule has 0 saturated heterocycles. The van der Waals surface area contributed by atoms with Crippen LogP contribution in [0.5, 0.6) is 0 Å². The van der Waals surface area contributed by atoms with Crippen LogP contribution in [0, 0.1) is 25.2 Å². The summed E-state index contributed by atoms with van der Waals surface area (Å²) in [5.41, 5.74) is 3.80. The SMILES string of the molecule is Cc1cc(Nc2ccn(-c3ccccc3)n2)cc(C)c1C(C#N)C(=O)O. The van der Waals surface area contributed by atoms with Gasteiger partial charge < -0.3 is 10.4 Å². The summed E-state index contributed by atoms with van der Waals surface area (Å²) in [5, 5.41) is 26.1. The van der Waals surface area contributed by atoms with E-state index in [1.54, 1.807) is 4.68 Å². The Balaban J connectivity index is 1.87. The van der Waals surface area contributed by atoms with Crippen LogP contribution in [0.15, 0.2) is 54.7 Å². The second kappa shape index (κ2) is 7.11. The van der Waals surface area contributed by atoms with Gasteiger partial charge in [0, 0.05) is 18.0 Å². The summed E-state index contributed by atoms with van der Waals surface area (Å²) in [7, 11) is 0. The number of hydrogen-bond donors (Lipinski definition) is 2. The third-order valence-electron chi connectivity index (χ3n) is 4.14. The van der Waals surface area contributed by atoms with Gasteiger partial charge in [-0.25, -0.2) is 4.68 Å². The molecule has 2 aromatic carbocycles. The Labute approximate surface area is 151 Å². The summed E-state index contributed by atoms with van der Waals surface area (Å²) in [6.07, 6.45) is 1.86. The minimum atomic E-state index is -1.17. The molecule has 26 heavy (non-hydrogen) atoms. The normalized spacial score (nSPS) is 11.6. The summed E-state index contributed by atoms with van der Waals surface area (Å²) in [6.45, 7) is 3.62. The van der Waals surface area contributed by atoms with Crippen LogP contribution in [0.2, 0.25) is 0 Å². The van der Waals surface area contributed by atoms with Crippen LogP contribution >= 0.6 is 0 Å². The quantitative estimate of drug-likeness (QED) is 0.730. The van der Waals surface area contributed by atoms with E-state index in [9.17, 15) is 9.90 Å². The van der Waals surface area contributed by atoms with E-state index in [1.807, 2.05) is 74.6 Å². The molecule has 6 nitrogen and oxygen atoms in total. The predicted molar refractivity (Wildman–Crippen MR) is 98.8 cm³/mol. The lowest BCUT2D eigenvalue weighted by Gasteiger charge is -2.15. The molecule has 0 fully saturated rings. The van der Waals surface area contributed by atoms with Crippen LogP contribution in [0.1, 0.15) is 22.6 Å². The van der Waals surface area contributed by atoms with Crippen LogP contribution < -0.4 is 5.32 Å². The van der Waals surface area contributed by atoms with Gasteiger partial charge in [-0.3, -0.25) is 4.79 Å². The summed E-state index contributed by atoms with van der Waals surface area (Å²) in [4.78, 5) is 11.3. The van der Waals surface area contributed by atoms with Crippen molar-refractivity contribution in [3.05, 3.63) is 71.4 Å². The lowest BCUT2D eigenvalue weighted by Crippen LogP contribution is -2.12. The van der Waals surface area contributed by atoms with Gasteiger partial charge in [-0.05, 0) is 54.8 Å². The van der Waals surface area contributed by atoms with Gasteiger partial charge >= 0.3 is 5.97 Å². The van der Waals surface area contributed by atoms with Gasteiger partial charge in [0.1, 0.15) is 0 Å². The monoisotopic (exact) mass is 346 g/mol. The van der Waals surface area contributed by atoms with Crippen molar-refractivity contribution in [1.82, 2.24) is 9.78 Å².